The molecule has 0 bridgehead atoms. The van der Waals surface area contributed by atoms with Crippen LogP contribution in [0.15, 0.2) is 34.9 Å². The van der Waals surface area contributed by atoms with Gasteiger partial charge in [0.05, 0.1) is 18.4 Å². The SMILES string of the molecule is Brc1cccc(-c2cnc(CN3CCC4(CCNCC4)C3)[nH]2)c1.Cl. The highest BCUT2D eigenvalue weighted by Gasteiger charge is 2.38. The summed E-state index contributed by atoms with van der Waals surface area (Å²) in [5, 5.41) is 3.49. The summed E-state index contributed by atoms with van der Waals surface area (Å²) in [5.41, 5.74) is 2.83. The first kappa shape index (κ1) is 17.9. The molecule has 2 saturated heterocycles. The Bertz CT molecular complexity index is 681. The van der Waals surface area contributed by atoms with Crippen LogP contribution >= 0.6 is 28.3 Å². The number of halogens is 2. The highest BCUT2D eigenvalue weighted by Crippen LogP contribution is 2.38. The first-order valence-electron chi connectivity index (χ1n) is 8.45. The van der Waals surface area contributed by atoms with Crippen molar-refractivity contribution in [3.05, 3.63) is 40.8 Å². The maximum atomic E-state index is 4.59. The van der Waals surface area contributed by atoms with E-state index in [1.54, 1.807) is 0 Å². The van der Waals surface area contributed by atoms with E-state index >= 15 is 0 Å². The number of rotatable bonds is 3. The van der Waals surface area contributed by atoms with Crippen molar-refractivity contribution in [1.29, 1.82) is 0 Å². The Morgan fingerprint density at radius 3 is 2.83 bits per heavy atom. The summed E-state index contributed by atoms with van der Waals surface area (Å²) in [7, 11) is 0. The van der Waals surface area contributed by atoms with E-state index in [0.29, 0.717) is 5.41 Å². The molecule has 1 aromatic carbocycles. The minimum Gasteiger partial charge on any atom is -0.341 e. The fourth-order valence-corrected chi connectivity index (χ4v) is 4.38. The minimum absolute atomic E-state index is 0. The summed E-state index contributed by atoms with van der Waals surface area (Å²) in [6.45, 7) is 5.72. The standard InChI is InChI=1S/C18H23BrN4.ClH/c19-15-3-1-2-14(10-15)16-11-21-17(22-16)12-23-9-6-18(13-23)4-7-20-8-5-18;/h1-3,10-11,20H,4-9,12-13H2,(H,21,22);1H. The molecular formula is C18H24BrClN4. The second-order valence-corrected chi connectivity index (χ2v) is 7.88. The van der Waals surface area contributed by atoms with Crippen molar-refractivity contribution in [2.75, 3.05) is 26.2 Å². The van der Waals surface area contributed by atoms with Crippen LogP contribution in [-0.2, 0) is 6.54 Å². The Balaban J connectivity index is 0.00000169. The predicted octanol–water partition coefficient (Wildman–Crippen LogP) is 3.84. The molecule has 2 fully saturated rings. The van der Waals surface area contributed by atoms with Crippen molar-refractivity contribution in [1.82, 2.24) is 20.2 Å². The molecule has 2 aliphatic rings. The number of imidazole rings is 1. The normalized spacial score (nSPS) is 20.2. The maximum Gasteiger partial charge on any atom is 0.120 e. The van der Waals surface area contributed by atoms with E-state index in [9.17, 15) is 0 Å². The van der Waals surface area contributed by atoms with Crippen LogP contribution in [0.5, 0.6) is 0 Å². The number of likely N-dealkylation sites (tertiary alicyclic amines) is 1. The molecule has 0 atom stereocenters. The number of hydrogen-bond donors (Lipinski definition) is 2. The second kappa shape index (κ2) is 7.56. The van der Waals surface area contributed by atoms with E-state index in [1.165, 1.54) is 51.0 Å². The topological polar surface area (TPSA) is 44.0 Å². The molecule has 6 heteroatoms. The van der Waals surface area contributed by atoms with Gasteiger partial charge in [-0.2, -0.15) is 0 Å². The molecule has 0 aliphatic carbocycles. The quantitative estimate of drug-likeness (QED) is 0.806. The number of nitrogens with zero attached hydrogens (tertiary/aromatic N) is 2. The van der Waals surface area contributed by atoms with Crippen molar-refractivity contribution in [3.63, 3.8) is 0 Å². The molecule has 1 aromatic heterocycles. The van der Waals surface area contributed by atoms with E-state index in [4.69, 9.17) is 0 Å². The maximum absolute atomic E-state index is 4.59. The van der Waals surface area contributed by atoms with E-state index in [2.05, 4.69) is 54.3 Å². The monoisotopic (exact) mass is 410 g/mol. The molecule has 0 saturated carbocycles. The lowest BCUT2D eigenvalue weighted by Gasteiger charge is -2.33. The first-order chi connectivity index (χ1) is 11.2. The summed E-state index contributed by atoms with van der Waals surface area (Å²) < 4.78 is 1.10. The third-order valence-corrected chi connectivity index (χ3v) is 5.81. The second-order valence-electron chi connectivity index (χ2n) is 6.96. The molecule has 3 heterocycles. The van der Waals surface area contributed by atoms with Crippen LogP contribution in [0.25, 0.3) is 11.3 Å². The zero-order valence-corrected chi connectivity index (χ0v) is 16.1. The average Bonchev–Trinajstić information content (AvgIpc) is 3.17. The van der Waals surface area contributed by atoms with Gasteiger partial charge < -0.3 is 10.3 Å². The number of H-pyrrole nitrogens is 1. The summed E-state index contributed by atoms with van der Waals surface area (Å²) in [6, 6.07) is 8.34. The van der Waals surface area contributed by atoms with Crippen LogP contribution in [0.3, 0.4) is 0 Å². The van der Waals surface area contributed by atoms with Gasteiger partial charge in [-0.3, -0.25) is 4.90 Å². The van der Waals surface area contributed by atoms with Crippen molar-refractivity contribution in [2.24, 2.45) is 5.41 Å². The van der Waals surface area contributed by atoms with Crippen LogP contribution in [0.4, 0.5) is 0 Å². The van der Waals surface area contributed by atoms with Gasteiger partial charge in [-0.25, -0.2) is 4.98 Å². The van der Waals surface area contributed by atoms with E-state index in [-0.39, 0.29) is 12.4 Å². The smallest absolute Gasteiger partial charge is 0.120 e. The fourth-order valence-electron chi connectivity index (χ4n) is 3.99. The lowest BCUT2D eigenvalue weighted by molar-refractivity contribution is 0.192. The molecular weight excluding hydrogens is 388 g/mol. The molecule has 1 spiro atoms. The molecule has 2 aromatic rings. The molecule has 0 unspecified atom stereocenters. The van der Waals surface area contributed by atoms with Crippen LogP contribution < -0.4 is 5.32 Å². The van der Waals surface area contributed by atoms with Crippen LogP contribution in [-0.4, -0.2) is 41.0 Å². The van der Waals surface area contributed by atoms with Gasteiger partial charge in [0, 0.05) is 16.6 Å². The molecule has 130 valence electrons. The van der Waals surface area contributed by atoms with Crippen molar-refractivity contribution >= 4 is 28.3 Å². The lowest BCUT2D eigenvalue weighted by atomic mass is 9.78. The van der Waals surface area contributed by atoms with Gasteiger partial charge in [0.15, 0.2) is 0 Å². The molecule has 0 amide bonds. The number of hydrogen-bond acceptors (Lipinski definition) is 3. The molecule has 0 radical (unpaired) electrons. The summed E-state index contributed by atoms with van der Waals surface area (Å²) in [4.78, 5) is 10.6. The van der Waals surface area contributed by atoms with Gasteiger partial charge in [-0.1, -0.05) is 28.1 Å². The van der Waals surface area contributed by atoms with Crippen LogP contribution in [0.1, 0.15) is 25.1 Å². The van der Waals surface area contributed by atoms with Gasteiger partial charge in [-0.15, -0.1) is 12.4 Å². The van der Waals surface area contributed by atoms with Crippen molar-refractivity contribution < 1.29 is 0 Å². The molecule has 4 nitrogen and oxygen atoms in total. The highest BCUT2D eigenvalue weighted by molar-refractivity contribution is 9.10. The number of nitrogens with one attached hydrogen (secondary N) is 2. The zero-order chi connectivity index (χ0) is 15.7. The Morgan fingerprint density at radius 2 is 2.04 bits per heavy atom. The fraction of sp³-hybridized carbons (Fsp3) is 0.500. The summed E-state index contributed by atoms with van der Waals surface area (Å²) in [5.74, 6) is 1.07. The zero-order valence-electron chi connectivity index (χ0n) is 13.7. The average molecular weight is 412 g/mol. The Morgan fingerprint density at radius 1 is 1.21 bits per heavy atom. The first-order valence-corrected chi connectivity index (χ1v) is 9.25. The molecule has 2 aliphatic heterocycles. The molecule has 2 N–H and O–H groups in total. The van der Waals surface area contributed by atoms with Gasteiger partial charge in [0.25, 0.3) is 0 Å². The summed E-state index contributed by atoms with van der Waals surface area (Å²) in [6.07, 6.45) is 5.94. The van der Waals surface area contributed by atoms with Gasteiger partial charge in [-0.05, 0) is 56.4 Å². The predicted molar refractivity (Wildman–Crippen MR) is 103 cm³/mol. The van der Waals surface area contributed by atoms with Crippen molar-refractivity contribution in [3.8, 4) is 11.3 Å². The largest absolute Gasteiger partial charge is 0.341 e. The Labute approximate surface area is 158 Å². The number of aromatic nitrogens is 2. The number of piperidine rings is 1. The highest BCUT2D eigenvalue weighted by atomic mass is 79.9. The number of aromatic amines is 1. The Kier molecular flexibility index (Phi) is 5.65. The minimum atomic E-state index is 0. The molecule has 4 rings (SSSR count). The van der Waals surface area contributed by atoms with E-state index < -0.39 is 0 Å². The van der Waals surface area contributed by atoms with Gasteiger partial charge >= 0.3 is 0 Å². The lowest BCUT2D eigenvalue weighted by Crippen LogP contribution is -2.38. The molecule has 24 heavy (non-hydrogen) atoms. The third-order valence-electron chi connectivity index (χ3n) is 5.32. The van der Waals surface area contributed by atoms with Crippen LogP contribution in [0, 0.1) is 5.41 Å². The third kappa shape index (κ3) is 3.85. The summed E-state index contributed by atoms with van der Waals surface area (Å²) >= 11 is 3.53. The van der Waals surface area contributed by atoms with Crippen molar-refractivity contribution in [2.45, 2.75) is 25.8 Å². The van der Waals surface area contributed by atoms with Crippen LogP contribution in [0.2, 0.25) is 0 Å². The van der Waals surface area contributed by atoms with Gasteiger partial charge in [0.1, 0.15) is 5.82 Å². The Hall–Kier alpha value is -0.880. The number of benzene rings is 1. The van der Waals surface area contributed by atoms with E-state index in [0.717, 1.165) is 22.5 Å². The van der Waals surface area contributed by atoms with Gasteiger partial charge in [0.2, 0.25) is 0 Å². The van der Waals surface area contributed by atoms with E-state index in [1.807, 2.05) is 12.3 Å².